The number of nitrogens with one attached hydrogen (secondary N) is 1. The van der Waals surface area contributed by atoms with Crippen LogP contribution in [0.2, 0.25) is 0 Å². The molecule has 13 aromatic rings. The molecule has 5 aromatic heterocycles. The van der Waals surface area contributed by atoms with Gasteiger partial charge < -0.3 is 33.1 Å². The van der Waals surface area contributed by atoms with E-state index in [1.54, 1.807) is 36.0 Å². The average molecular weight is 1860 g/mol. The lowest BCUT2D eigenvalue weighted by molar-refractivity contribution is 0.171. The van der Waals surface area contributed by atoms with Gasteiger partial charge in [0.05, 0.1) is 32.3 Å². The second-order valence-corrected chi connectivity index (χ2v) is 49.1. The number of benzene rings is 8. The molecule has 0 saturated carbocycles. The van der Waals surface area contributed by atoms with Crippen LogP contribution in [-0.4, -0.2) is 48.0 Å². The third-order valence-corrected chi connectivity index (χ3v) is 24.9. The Morgan fingerprint density at radius 2 is 0.625 bits per heavy atom. The number of hydrogen-bond acceptors (Lipinski definition) is 9. The van der Waals surface area contributed by atoms with E-state index in [1.807, 2.05) is 66.5 Å². The van der Waals surface area contributed by atoms with E-state index < -0.39 is 0 Å². The Balaban J connectivity index is 0.000000229. The number of furan rings is 1. The molecule has 0 radical (unpaired) electrons. The molecule has 736 valence electrons. The second-order valence-electron chi connectivity index (χ2n) is 48.2. The normalized spacial score (nSPS) is 13.3. The van der Waals surface area contributed by atoms with Crippen molar-refractivity contribution in [3.63, 3.8) is 0 Å². The second kappa shape index (κ2) is 50.8. The highest BCUT2D eigenvalue weighted by Crippen LogP contribution is 2.39. The highest BCUT2D eigenvalue weighted by Gasteiger charge is 2.25. The van der Waals surface area contributed by atoms with Gasteiger partial charge >= 0.3 is 0 Å². The monoisotopic (exact) mass is 1860 g/mol. The Labute approximate surface area is 830 Å². The molecule has 0 amide bonds. The number of rotatable bonds is 0. The van der Waals surface area contributed by atoms with E-state index in [0.29, 0.717) is 40.3 Å². The first-order valence-corrected chi connectivity index (χ1v) is 50.3. The van der Waals surface area contributed by atoms with Crippen LogP contribution in [0.4, 0.5) is 0 Å². The van der Waals surface area contributed by atoms with Gasteiger partial charge in [-0.2, -0.15) is 0 Å². The van der Waals surface area contributed by atoms with Gasteiger partial charge in [-0.25, -0.2) is 0 Å². The standard InChI is InChI=1S/C14H16.C13H18O2.C13H18.C12H16O2.C12H16O.2C10H14.2C9H13N.C8H13N.C8H12O.C8H12S/c1-14(2,3)13-9-8-11-6-4-5-7-12(11)10-13;1-13(2,3)10-5-6-11-12(9-10)15-8-4-7-14-11;1-13(2,3)12-8-7-10-5-4-6-11(10)9-12;1-12(2,3)9-4-5-10-11(8-9)14-7-6-13-10;1-12(2,3)10-5-4-9-6-7-13-11(9)8-10;2*1-10(2,3)9-7-5-4-6-8-9;2*1-9(2,3)8-5-4-6-10-7-8;2*1-8(2,3)7-4-5-9-6-7;1-8(2,3)7-5-4-6-9-7/h4-10H,1-3H3;5-6,9H,4,7-8H2,1-3H3;7-9H,4-6H2,1-3H3;4-5,8H,6-7H2,1-3H3;4-5,8H,6-7H2,1-3H3;2*4-8H,1-3H3;2*4-7H,1-3H3;4-6,9H,1-3H3;2*4-6H,1-3H3. The number of aromatic amines is 1. The zero-order valence-corrected chi connectivity index (χ0v) is 91.7. The van der Waals surface area contributed by atoms with E-state index >= 15 is 0 Å². The number of hydrogen-bond donors (Lipinski definition) is 1. The van der Waals surface area contributed by atoms with Crippen molar-refractivity contribution in [2.24, 2.45) is 0 Å². The summed E-state index contributed by atoms with van der Waals surface area (Å²) in [5, 5.41) is 4.78. The van der Waals surface area contributed by atoms with E-state index in [2.05, 4.69) is 464 Å². The molecule has 0 spiro atoms. The highest BCUT2D eigenvalue weighted by atomic mass is 32.1. The lowest BCUT2D eigenvalue weighted by Crippen LogP contribution is -2.17. The van der Waals surface area contributed by atoms with Gasteiger partial charge in [-0.3, -0.25) is 9.97 Å². The zero-order valence-electron chi connectivity index (χ0n) is 90.9. The minimum absolute atomic E-state index is 0.157. The van der Waals surface area contributed by atoms with Crippen LogP contribution in [0.1, 0.15) is 345 Å². The number of pyridine rings is 2. The number of ether oxygens (including phenoxy) is 5. The maximum atomic E-state index is 5.66. The number of H-pyrrole nitrogens is 1. The SMILES string of the molecule is CC(C)(C)c1cc[nH]c1.CC(C)(C)c1ccc2c(c1)CCC2.CC(C)(C)c1ccc2c(c1)OCC2.CC(C)(C)c1ccc2c(c1)OCCCO2.CC(C)(C)c1ccc2c(c1)OCCO2.CC(C)(C)c1ccc2ccccc2c1.CC(C)(C)c1ccccc1.CC(C)(C)c1ccccc1.CC(C)(C)c1cccnc1.CC(C)(C)c1cccnc1.CC(C)(C)c1cccs1.CC(C)(C)c1ccoc1. The molecule has 0 saturated heterocycles. The molecule has 10 heteroatoms. The van der Waals surface area contributed by atoms with E-state index in [1.165, 1.54) is 102 Å². The van der Waals surface area contributed by atoms with Crippen LogP contribution >= 0.6 is 11.3 Å². The number of fused-ring (bicyclic) bond motifs is 5. The predicted octanol–water partition coefficient (Wildman–Crippen LogP) is 35.1. The summed E-state index contributed by atoms with van der Waals surface area (Å²) >= 11 is 1.83. The molecular weight excluding hydrogens is 1680 g/mol. The molecule has 1 N–H and O–H groups in total. The Kier molecular flexibility index (Phi) is 42.7. The third kappa shape index (κ3) is 40.7. The van der Waals surface area contributed by atoms with E-state index in [-0.39, 0.29) is 37.9 Å². The van der Waals surface area contributed by atoms with Gasteiger partial charge in [-0.15, -0.1) is 11.3 Å². The summed E-state index contributed by atoms with van der Waals surface area (Å²) in [6, 6.07) is 78.9. The van der Waals surface area contributed by atoms with Crippen molar-refractivity contribution in [3.05, 3.63) is 362 Å². The average Bonchev–Trinajstić information content (AvgIpc) is 1.80. The van der Waals surface area contributed by atoms with Crippen molar-refractivity contribution in [1.82, 2.24) is 15.0 Å². The van der Waals surface area contributed by atoms with Crippen LogP contribution in [0, 0.1) is 0 Å². The van der Waals surface area contributed by atoms with Gasteiger partial charge in [0.2, 0.25) is 0 Å². The molecule has 3 aliphatic heterocycles. The van der Waals surface area contributed by atoms with E-state index in [9.17, 15) is 0 Å². The van der Waals surface area contributed by atoms with Gasteiger partial charge in [0, 0.05) is 54.9 Å². The maximum Gasteiger partial charge on any atom is 0.161 e. The molecule has 9 nitrogen and oxygen atoms in total. The minimum Gasteiger partial charge on any atom is -0.493 e. The molecule has 0 bridgehead atoms. The van der Waals surface area contributed by atoms with Gasteiger partial charge in [0.1, 0.15) is 19.0 Å². The van der Waals surface area contributed by atoms with Crippen LogP contribution in [0.25, 0.3) is 10.8 Å². The summed E-state index contributed by atoms with van der Waals surface area (Å²) in [7, 11) is 0. The smallest absolute Gasteiger partial charge is 0.161 e. The first-order chi connectivity index (χ1) is 63.1. The number of aryl methyl sites for hydroxylation is 2. The fraction of sp³-hybridized carbons (Fsp3) is 0.460. The predicted molar refractivity (Wildman–Crippen MR) is 587 cm³/mol. The van der Waals surface area contributed by atoms with Gasteiger partial charge in [0.15, 0.2) is 23.0 Å². The van der Waals surface area contributed by atoms with Gasteiger partial charge in [-0.1, -0.05) is 413 Å². The number of nitrogens with zero attached hydrogens (tertiary/aromatic N) is 2. The fourth-order valence-corrected chi connectivity index (χ4v) is 15.0. The topological polar surface area (TPSA) is 101 Å². The molecule has 4 aliphatic rings. The molecular formula is C126H175N3O6S. The minimum atomic E-state index is 0.157. The van der Waals surface area contributed by atoms with E-state index in [0.717, 1.165) is 61.4 Å². The van der Waals surface area contributed by atoms with Gasteiger partial charge in [-0.05, 0) is 239 Å². The highest BCUT2D eigenvalue weighted by molar-refractivity contribution is 7.10. The molecule has 17 rings (SSSR count). The van der Waals surface area contributed by atoms with Crippen LogP contribution in [0.5, 0.6) is 28.7 Å². The van der Waals surface area contributed by atoms with Crippen molar-refractivity contribution < 1.29 is 28.1 Å². The summed E-state index contributed by atoms with van der Waals surface area (Å²) in [5.74, 6) is 4.60. The van der Waals surface area contributed by atoms with Crippen molar-refractivity contribution in [3.8, 4) is 28.7 Å². The van der Waals surface area contributed by atoms with E-state index in [4.69, 9.17) is 28.1 Å². The summed E-state index contributed by atoms with van der Waals surface area (Å²) in [6.45, 7) is 83.4. The number of thiophene rings is 1. The summed E-state index contributed by atoms with van der Waals surface area (Å²) in [6.07, 6.45) is 20.9. The molecule has 0 fully saturated rings. The van der Waals surface area contributed by atoms with Crippen molar-refractivity contribution in [2.45, 2.75) is 346 Å². The maximum absolute atomic E-state index is 5.66. The largest absolute Gasteiger partial charge is 0.493 e. The first-order valence-electron chi connectivity index (χ1n) is 49.4. The van der Waals surface area contributed by atoms with Crippen LogP contribution in [-0.2, 0) is 84.2 Å². The van der Waals surface area contributed by atoms with Crippen LogP contribution in [0.15, 0.2) is 284 Å². The molecule has 8 heterocycles. The van der Waals surface area contributed by atoms with Crippen LogP contribution in [0.3, 0.4) is 0 Å². The van der Waals surface area contributed by atoms with Gasteiger partial charge in [0.25, 0.3) is 0 Å². The summed E-state index contributed by atoms with van der Waals surface area (Å²) in [4.78, 5) is 12.6. The number of aromatic nitrogens is 3. The Hall–Kier alpha value is -10.4. The Morgan fingerprint density at radius 3 is 0.993 bits per heavy atom. The quantitative estimate of drug-likeness (QED) is 0.160. The third-order valence-electron chi connectivity index (χ3n) is 23.6. The summed E-state index contributed by atoms with van der Waals surface area (Å²) < 4.78 is 32.7. The fourth-order valence-electron chi connectivity index (χ4n) is 14.1. The molecule has 136 heavy (non-hydrogen) atoms. The van der Waals surface area contributed by atoms with Crippen LogP contribution < -0.4 is 23.7 Å². The zero-order chi connectivity index (χ0) is 101. The molecule has 0 atom stereocenters. The Bertz CT molecular complexity index is 5160. The van der Waals surface area contributed by atoms with Crippen molar-refractivity contribution >= 4 is 22.1 Å². The lowest BCUT2D eigenvalue weighted by atomic mass is 9.85. The first kappa shape index (κ1) is 114. The lowest BCUT2D eigenvalue weighted by Gasteiger charge is -2.23. The molecule has 1 aliphatic carbocycles. The summed E-state index contributed by atoms with van der Waals surface area (Å²) in [5.41, 5.74) is 22.3. The van der Waals surface area contributed by atoms with Crippen molar-refractivity contribution in [2.75, 3.05) is 33.0 Å². The Morgan fingerprint density at radius 1 is 0.250 bits per heavy atom. The molecule has 8 aromatic carbocycles. The molecule has 0 unspecified atom stereocenters. The van der Waals surface area contributed by atoms with Crippen molar-refractivity contribution in [1.29, 1.82) is 0 Å².